The molecule has 2 unspecified atom stereocenters. The lowest BCUT2D eigenvalue weighted by atomic mass is 9.65. The lowest BCUT2D eigenvalue weighted by Crippen LogP contribution is -2.57. The van der Waals surface area contributed by atoms with Crippen molar-refractivity contribution in [3.8, 4) is 0 Å². The molecule has 192 valence electrons. The summed E-state index contributed by atoms with van der Waals surface area (Å²) < 4.78 is 6.76. The van der Waals surface area contributed by atoms with Gasteiger partial charge in [-0.15, -0.1) is 0 Å². The van der Waals surface area contributed by atoms with Crippen molar-refractivity contribution < 1.29 is 24.2 Å². The predicted molar refractivity (Wildman–Crippen MR) is 128 cm³/mol. The van der Waals surface area contributed by atoms with Gasteiger partial charge in [0.25, 0.3) is 0 Å². The molecule has 0 aromatic rings. The quantitative estimate of drug-likeness (QED) is 0.396. The summed E-state index contributed by atoms with van der Waals surface area (Å²) in [4.78, 5) is 42.8. The summed E-state index contributed by atoms with van der Waals surface area (Å²) in [5.41, 5.74) is -1.61. The molecular formula is C26H43N3O5. The summed E-state index contributed by atoms with van der Waals surface area (Å²) >= 11 is 0. The summed E-state index contributed by atoms with van der Waals surface area (Å²) in [6, 6.07) is -0.552. The third-order valence-electron chi connectivity index (χ3n) is 8.77. The fourth-order valence-electron chi connectivity index (χ4n) is 7.11. The zero-order valence-corrected chi connectivity index (χ0v) is 20.9. The number of carbonyl (C=O) groups excluding carboxylic acids is 3. The highest BCUT2D eigenvalue weighted by atomic mass is 16.5. The van der Waals surface area contributed by atoms with Crippen LogP contribution in [0.1, 0.15) is 90.9 Å². The number of carbonyl (C=O) groups is 3. The number of amides is 3. The molecule has 0 aromatic carbocycles. The summed E-state index contributed by atoms with van der Waals surface area (Å²) in [5.74, 6) is -1.51. The minimum atomic E-state index is -0.933. The van der Waals surface area contributed by atoms with E-state index >= 15 is 0 Å². The Kier molecular flexibility index (Phi) is 7.87. The van der Waals surface area contributed by atoms with Crippen LogP contribution in [0.5, 0.6) is 0 Å². The van der Waals surface area contributed by atoms with Gasteiger partial charge in [0, 0.05) is 25.7 Å². The molecule has 8 heteroatoms. The average molecular weight is 478 g/mol. The van der Waals surface area contributed by atoms with Gasteiger partial charge in [0.1, 0.15) is 11.6 Å². The highest BCUT2D eigenvalue weighted by Gasteiger charge is 2.78. The molecule has 1 saturated carbocycles. The van der Waals surface area contributed by atoms with Crippen LogP contribution in [0, 0.1) is 11.8 Å². The normalized spacial score (nSPS) is 35.0. The number of hydrogen-bond acceptors (Lipinski definition) is 5. The Balaban J connectivity index is 1.64. The van der Waals surface area contributed by atoms with Gasteiger partial charge in [0.15, 0.2) is 0 Å². The van der Waals surface area contributed by atoms with E-state index in [4.69, 9.17) is 9.84 Å². The molecule has 3 aliphatic heterocycles. The van der Waals surface area contributed by atoms with Crippen LogP contribution in [0.2, 0.25) is 0 Å². The van der Waals surface area contributed by atoms with Crippen LogP contribution in [-0.2, 0) is 19.1 Å². The summed E-state index contributed by atoms with van der Waals surface area (Å²) in [6.07, 6.45) is 10.4. The van der Waals surface area contributed by atoms with Crippen LogP contribution in [-0.4, -0.2) is 70.7 Å². The van der Waals surface area contributed by atoms with Crippen molar-refractivity contribution >= 4 is 17.7 Å². The van der Waals surface area contributed by atoms with Crippen molar-refractivity contribution in [2.45, 2.75) is 114 Å². The number of unbranched alkanes of at least 4 members (excludes halogenated alkanes) is 2. The first-order valence-electron chi connectivity index (χ1n) is 13.6. The standard InChI is InChI=1S/C26H43N3O5/c1-3-15-27-22(31)19-20-24(33)29(16-9-6-10-17-30)21(23(32)28-18-11-7-5-8-12-18)26(20)14-13-25(19,4-2)34-26/h18-21,30H,3-17H2,1-2H3,(H,27,31)(H,28,32)/t19-,20+,21?,25+,26?/m1/s1. The fraction of sp³-hybridized carbons (Fsp3) is 0.885. The molecular weight excluding hydrogens is 434 g/mol. The Bertz CT molecular complexity index is 770. The van der Waals surface area contributed by atoms with E-state index in [0.29, 0.717) is 45.2 Å². The molecule has 0 radical (unpaired) electrons. The largest absolute Gasteiger partial charge is 0.396 e. The number of fused-ring (bicyclic) bond motifs is 1. The Hall–Kier alpha value is -1.67. The zero-order valence-electron chi connectivity index (χ0n) is 20.9. The molecule has 4 fully saturated rings. The van der Waals surface area contributed by atoms with E-state index in [1.807, 2.05) is 13.8 Å². The van der Waals surface area contributed by atoms with Crippen molar-refractivity contribution in [2.24, 2.45) is 11.8 Å². The number of nitrogens with one attached hydrogen (secondary N) is 2. The van der Waals surface area contributed by atoms with Gasteiger partial charge < -0.3 is 25.4 Å². The van der Waals surface area contributed by atoms with Gasteiger partial charge >= 0.3 is 0 Å². The summed E-state index contributed by atoms with van der Waals surface area (Å²) in [5, 5.41) is 15.4. The Morgan fingerprint density at radius 1 is 1.09 bits per heavy atom. The van der Waals surface area contributed by atoms with Gasteiger partial charge in [0.2, 0.25) is 17.7 Å². The zero-order chi connectivity index (χ0) is 24.3. The molecule has 1 aliphatic carbocycles. The Morgan fingerprint density at radius 3 is 2.53 bits per heavy atom. The monoisotopic (exact) mass is 477 g/mol. The third-order valence-corrected chi connectivity index (χ3v) is 8.77. The molecule has 2 bridgehead atoms. The third kappa shape index (κ3) is 4.25. The number of aliphatic hydroxyl groups is 1. The van der Waals surface area contributed by atoms with Crippen LogP contribution in [0.3, 0.4) is 0 Å². The second-order valence-corrected chi connectivity index (χ2v) is 10.8. The lowest BCUT2D eigenvalue weighted by Gasteiger charge is -2.35. The molecule has 8 nitrogen and oxygen atoms in total. The lowest BCUT2D eigenvalue weighted by molar-refractivity contribution is -0.148. The number of likely N-dealkylation sites (tertiary alicyclic amines) is 1. The highest BCUT2D eigenvalue weighted by Crippen LogP contribution is 2.64. The fourth-order valence-corrected chi connectivity index (χ4v) is 7.11. The average Bonchev–Trinajstić information content (AvgIpc) is 3.44. The van der Waals surface area contributed by atoms with Crippen molar-refractivity contribution in [1.82, 2.24) is 15.5 Å². The number of hydrogen-bond donors (Lipinski definition) is 3. The van der Waals surface area contributed by atoms with E-state index in [-0.39, 0.29) is 30.4 Å². The molecule has 5 atom stereocenters. The highest BCUT2D eigenvalue weighted by molar-refractivity contribution is 5.99. The minimum Gasteiger partial charge on any atom is -0.396 e. The van der Waals surface area contributed by atoms with Crippen molar-refractivity contribution in [2.75, 3.05) is 19.7 Å². The minimum absolute atomic E-state index is 0.112. The van der Waals surface area contributed by atoms with E-state index in [1.165, 1.54) is 6.42 Å². The van der Waals surface area contributed by atoms with Gasteiger partial charge in [0.05, 0.1) is 17.4 Å². The SMILES string of the molecule is CCCNC(=O)[C@H]1[C@H]2C(=O)N(CCCCCO)C(C(=O)NC3CCCCC3)C23CC[C@]1(CC)O3. The van der Waals surface area contributed by atoms with E-state index < -0.39 is 29.1 Å². The molecule has 3 heterocycles. The number of aliphatic hydroxyl groups excluding tert-OH is 1. The van der Waals surface area contributed by atoms with Gasteiger partial charge in [-0.2, -0.15) is 0 Å². The van der Waals surface area contributed by atoms with Gasteiger partial charge in [-0.1, -0.05) is 33.1 Å². The molecule has 3 amide bonds. The van der Waals surface area contributed by atoms with E-state index in [0.717, 1.165) is 38.5 Å². The second kappa shape index (κ2) is 10.5. The van der Waals surface area contributed by atoms with E-state index in [2.05, 4.69) is 10.6 Å². The number of rotatable bonds is 11. The first-order chi connectivity index (χ1) is 16.4. The van der Waals surface area contributed by atoms with Gasteiger partial charge in [-0.25, -0.2) is 0 Å². The first-order valence-corrected chi connectivity index (χ1v) is 13.6. The molecule has 34 heavy (non-hydrogen) atoms. The van der Waals surface area contributed by atoms with Crippen molar-refractivity contribution in [1.29, 1.82) is 0 Å². The van der Waals surface area contributed by atoms with Crippen LogP contribution in [0.15, 0.2) is 0 Å². The molecule has 3 saturated heterocycles. The Morgan fingerprint density at radius 2 is 1.85 bits per heavy atom. The number of ether oxygens (including phenoxy) is 1. The van der Waals surface area contributed by atoms with Gasteiger partial charge in [-0.05, 0) is 57.8 Å². The maximum absolute atomic E-state index is 13.9. The molecule has 0 aromatic heterocycles. The molecule has 1 spiro atoms. The molecule has 4 rings (SSSR count). The van der Waals surface area contributed by atoms with E-state index in [9.17, 15) is 14.4 Å². The molecule has 3 N–H and O–H groups in total. The predicted octanol–water partition coefficient (Wildman–Crippen LogP) is 2.28. The topological polar surface area (TPSA) is 108 Å². The Labute approximate surface area is 203 Å². The van der Waals surface area contributed by atoms with Crippen LogP contribution in [0.25, 0.3) is 0 Å². The molecule has 4 aliphatic rings. The maximum atomic E-state index is 13.9. The van der Waals surface area contributed by atoms with Crippen molar-refractivity contribution in [3.63, 3.8) is 0 Å². The van der Waals surface area contributed by atoms with Crippen LogP contribution >= 0.6 is 0 Å². The van der Waals surface area contributed by atoms with Crippen LogP contribution in [0.4, 0.5) is 0 Å². The maximum Gasteiger partial charge on any atom is 0.246 e. The summed E-state index contributed by atoms with van der Waals surface area (Å²) in [6.45, 7) is 5.17. The van der Waals surface area contributed by atoms with E-state index in [1.54, 1.807) is 4.90 Å². The smallest absolute Gasteiger partial charge is 0.246 e. The second-order valence-electron chi connectivity index (χ2n) is 10.8. The summed E-state index contributed by atoms with van der Waals surface area (Å²) in [7, 11) is 0. The number of nitrogens with zero attached hydrogens (tertiary/aromatic N) is 1. The first kappa shape index (κ1) is 25.4. The van der Waals surface area contributed by atoms with Gasteiger partial charge in [-0.3, -0.25) is 14.4 Å². The van der Waals surface area contributed by atoms with Crippen molar-refractivity contribution in [3.05, 3.63) is 0 Å². The van der Waals surface area contributed by atoms with Crippen LogP contribution < -0.4 is 10.6 Å².